The van der Waals surface area contributed by atoms with E-state index < -0.39 is 0 Å². The molecule has 3 heteroatoms. The molecule has 112 valence electrons. The third-order valence-corrected chi connectivity index (χ3v) is 4.46. The minimum Gasteiger partial charge on any atom is -0.341 e. The van der Waals surface area contributed by atoms with E-state index in [1.54, 1.807) is 0 Å². The number of nitrogens with zero attached hydrogens (tertiary/aromatic N) is 1. The van der Waals surface area contributed by atoms with Gasteiger partial charge in [0.15, 0.2) is 0 Å². The van der Waals surface area contributed by atoms with Crippen molar-refractivity contribution in [1.29, 1.82) is 0 Å². The van der Waals surface area contributed by atoms with Gasteiger partial charge in [-0.25, -0.2) is 0 Å². The van der Waals surface area contributed by atoms with E-state index in [0.29, 0.717) is 6.04 Å². The first-order valence-corrected chi connectivity index (χ1v) is 8.17. The van der Waals surface area contributed by atoms with Gasteiger partial charge in [-0.15, -0.1) is 0 Å². The highest BCUT2D eigenvalue weighted by Crippen LogP contribution is 2.34. The molecule has 2 aromatic rings. The van der Waals surface area contributed by atoms with Gasteiger partial charge in [0, 0.05) is 22.7 Å². The molecule has 0 amide bonds. The van der Waals surface area contributed by atoms with Crippen LogP contribution in [0.5, 0.6) is 0 Å². The molecule has 1 atom stereocenters. The molecule has 0 aromatic heterocycles. The fraction of sp³-hybridized carbons (Fsp3) is 0.333. The summed E-state index contributed by atoms with van der Waals surface area (Å²) >= 11 is 3.73. The molecule has 0 saturated heterocycles. The van der Waals surface area contributed by atoms with E-state index in [1.807, 2.05) is 7.05 Å². The van der Waals surface area contributed by atoms with Crippen LogP contribution in [0.15, 0.2) is 46.9 Å². The summed E-state index contributed by atoms with van der Waals surface area (Å²) in [5.41, 5.74) is 5.00. The van der Waals surface area contributed by atoms with Gasteiger partial charge in [-0.3, -0.25) is 0 Å². The van der Waals surface area contributed by atoms with Gasteiger partial charge in [0.2, 0.25) is 0 Å². The lowest BCUT2D eigenvalue weighted by molar-refractivity contribution is 0.652. The van der Waals surface area contributed by atoms with Gasteiger partial charge in [0.05, 0.1) is 5.69 Å². The summed E-state index contributed by atoms with van der Waals surface area (Å²) in [4.78, 5) is 2.32. The molecular formula is C18H23BrN2. The summed E-state index contributed by atoms with van der Waals surface area (Å²) in [6.07, 6.45) is 0. The topological polar surface area (TPSA) is 15.3 Å². The molecule has 0 heterocycles. The Morgan fingerprint density at radius 3 is 2.52 bits per heavy atom. The summed E-state index contributed by atoms with van der Waals surface area (Å²) in [7, 11) is 1.98. The number of benzene rings is 2. The highest BCUT2D eigenvalue weighted by atomic mass is 79.9. The van der Waals surface area contributed by atoms with Crippen molar-refractivity contribution in [3.8, 4) is 0 Å². The smallest absolute Gasteiger partial charge is 0.0555 e. The summed E-state index contributed by atoms with van der Waals surface area (Å²) in [6, 6.07) is 15.6. The first-order valence-electron chi connectivity index (χ1n) is 7.37. The van der Waals surface area contributed by atoms with E-state index in [1.165, 1.54) is 22.5 Å². The molecule has 0 saturated carbocycles. The van der Waals surface area contributed by atoms with Crippen LogP contribution in [-0.4, -0.2) is 13.6 Å². The second-order valence-electron chi connectivity index (χ2n) is 5.30. The Labute approximate surface area is 136 Å². The standard InChI is InChI=1S/C18H23BrN2/c1-5-21(16-8-6-7-13(2)11-16)18-10-9-15(12-17(18)19)14(3)20-4/h6-12,14,20H,5H2,1-4H3. The zero-order chi connectivity index (χ0) is 15.4. The van der Waals surface area contributed by atoms with E-state index >= 15 is 0 Å². The highest BCUT2D eigenvalue weighted by molar-refractivity contribution is 9.10. The summed E-state index contributed by atoms with van der Waals surface area (Å²) < 4.78 is 1.13. The molecule has 0 fully saturated rings. The van der Waals surface area contributed by atoms with Crippen molar-refractivity contribution in [2.75, 3.05) is 18.5 Å². The minimum atomic E-state index is 0.351. The Morgan fingerprint density at radius 2 is 1.95 bits per heavy atom. The lowest BCUT2D eigenvalue weighted by atomic mass is 10.1. The van der Waals surface area contributed by atoms with Crippen LogP contribution in [0.1, 0.15) is 31.0 Å². The van der Waals surface area contributed by atoms with Gasteiger partial charge in [0.25, 0.3) is 0 Å². The third-order valence-electron chi connectivity index (χ3n) is 3.83. The van der Waals surface area contributed by atoms with Gasteiger partial charge in [0.1, 0.15) is 0 Å². The van der Waals surface area contributed by atoms with Gasteiger partial charge in [-0.1, -0.05) is 18.2 Å². The SMILES string of the molecule is CCN(c1cccc(C)c1)c1ccc(C(C)NC)cc1Br. The lowest BCUT2D eigenvalue weighted by Gasteiger charge is -2.26. The van der Waals surface area contributed by atoms with Gasteiger partial charge < -0.3 is 10.2 Å². The number of rotatable bonds is 5. The van der Waals surface area contributed by atoms with Crippen LogP contribution >= 0.6 is 15.9 Å². The van der Waals surface area contributed by atoms with Crippen LogP contribution < -0.4 is 10.2 Å². The molecule has 2 aromatic carbocycles. The average Bonchev–Trinajstić information content (AvgIpc) is 2.49. The third kappa shape index (κ3) is 3.66. The van der Waals surface area contributed by atoms with E-state index in [-0.39, 0.29) is 0 Å². The second-order valence-corrected chi connectivity index (χ2v) is 6.16. The zero-order valence-electron chi connectivity index (χ0n) is 13.2. The van der Waals surface area contributed by atoms with Crippen LogP contribution in [0.25, 0.3) is 0 Å². The Morgan fingerprint density at radius 1 is 1.19 bits per heavy atom. The van der Waals surface area contributed by atoms with E-state index in [9.17, 15) is 0 Å². The number of halogens is 1. The molecule has 0 radical (unpaired) electrons. The molecule has 0 aliphatic heterocycles. The number of hydrogen-bond donors (Lipinski definition) is 1. The van der Waals surface area contributed by atoms with Crippen molar-refractivity contribution in [3.05, 3.63) is 58.1 Å². The molecule has 0 bridgehead atoms. The van der Waals surface area contributed by atoms with E-state index in [0.717, 1.165) is 11.0 Å². The summed E-state index contributed by atoms with van der Waals surface area (Å²) in [5, 5.41) is 3.28. The quantitative estimate of drug-likeness (QED) is 0.800. The van der Waals surface area contributed by atoms with Crippen LogP contribution in [0.4, 0.5) is 11.4 Å². The highest BCUT2D eigenvalue weighted by Gasteiger charge is 2.13. The van der Waals surface area contributed by atoms with Crippen molar-refractivity contribution >= 4 is 27.3 Å². The van der Waals surface area contributed by atoms with Crippen molar-refractivity contribution in [1.82, 2.24) is 5.32 Å². The Hall–Kier alpha value is -1.32. The number of anilines is 2. The Kier molecular flexibility index (Phi) is 5.43. The first kappa shape index (κ1) is 16.1. The molecule has 1 N–H and O–H groups in total. The average molecular weight is 347 g/mol. The number of aryl methyl sites for hydroxylation is 1. The number of nitrogens with one attached hydrogen (secondary N) is 1. The zero-order valence-corrected chi connectivity index (χ0v) is 14.7. The van der Waals surface area contributed by atoms with Crippen molar-refractivity contribution in [2.24, 2.45) is 0 Å². The van der Waals surface area contributed by atoms with Crippen molar-refractivity contribution < 1.29 is 0 Å². The maximum atomic E-state index is 3.73. The fourth-order valence-electron chi connectivity index (χ4n) is 2.47. The van der Waals surface area contributed by atoms with Crippen molar-refractivity contribution in [3.63, 3.8) is 0 Å². The van der Waals surface area contributed by atoms with Crippen LogP contribution in [0.3, 0.4) is 0 Å². The molecule has 0 aliphatic carbocycles. The molecule has 1 unspecified atom stereocenters. The first-order chi connectivity index (χ1) is 10.1. The summed E-state index contributed by atoms with van der Waals surface area (Å²) in [6.45, 7) is 7.41. The second kappa shape index (κ2) is 7.10. The van der Waals surface area contributed by atoms with Crippen LogP contribution in [0, 0.1) is 6.92 Å². The van der Waals surface area contributed by atoms with E-state index in [2.05, 4.69) is 89.4 Å². The predicted octanol–water partition coefficient (Wildman–Crippen LogP) is 5.20. The minimum absolute atomic E-state index is 0.351. The summed E-state index contributed by atoms with van der Waals surface area (Å²) in [5.74, 6) is 0. The van der Waals surface area contributed by atoms with Crippen molar-refractivity contribution in [2.45, 2.75) is 26.8 Å². The molecule has 0 spiro atoms. The van der Waals surface area contributed by atoms with E-state index in [4.69, 9.17) is 0 Å². The fourth-order valence-corrected chi connectivity index (χ4v) is 3.08. The normalized spacial score (nSPS) is 12.2. The molecule has 2 nitrogen and oxygen atoms in total. The number of hydrogen-bond acceptors (Lipinski definition) is 2. The molecule has 2 rings (SSSR count). The lowest BCUT2D eigenvalue weighted by Crippen LogP contribution is -2.17. The van der Waals surface area contributed by atoms with Crippen LogP contribution in [0.2, 0.25) is 0 Å². The molecule has 0 aliphatic rings. The molecular weight excluding hydrogens is 324 g/mol. The van der Waals surface area contributed by atoms with Gasteiger partial charge >= 0.3 is 0 Å². The molecule has 21 heavy (non-hydrogen) atoms. The predicted molar refractivity (Wildman–Crippen MR) is 95.5 cm³/mol. The maximum absolute atomic E-state index is 3.73. The maximum Gasteiger partial charge on any atom is 0.0555 e. The van der Waals surface area contributed by atoms with Crippen LogP contribution in [-0.2, 0) is 0 Å². The van der Waals surface area contributed by atoms with Gasteiger partial charge in [-0.05, 0) is 79.1 Å². The van der Waals surface area contributed by atoms with Gasteiger partial charge in [-0.2, -0.15) is 0 Å². The largest absolute Gasteiger partial charge is 0.341 e. The Balaban J connectivity index is 2.39. The monoisotopic (exact) mass is 346 g/mol. The Bertz CT molecular complexity index is 610.